The smallest absolute Gasteiger partial charge is 0.347 e. The summed E-state index contributed by atoms with van der Waals surface area (Å²) in [5.74, 6) is -0.366. The van der Waals surface area contributed by atoms with Gasteiger partial charge in [-0.2, -0.15) is 4.80 Å². The second kappa shape index (κ2) is 7.64. The van der Waals surface area contributed by atoms with E-state index in [2.05, 4.69) is 20.4 Å². The molecule has 0 saturated carbocycles. The van der Waals surface area contributed by atoms with E-state index < -0.39 is 11.8 Å². The summed E-state index contributed by atoms with van der Waals surface area (Å²) in [6.07, 6.45) is 0. The number of thiazole rings is 1. The topological polar surface area (TPSA) is 103 Å². The van der Waals surface area contributed by atoms with Gasteiger partial charge in [-0.1, -0.05) is 0 Å². The molecule has 8 nitrogen and oxygen atoms in total. The lowest BCUT2D eigenvalue weighted by Crippen LogP contribution is -1.94. The van der Waals surface area contributed by atoms with Crippen molar-refractivity contribution < 1.29 is 19.0 Å². The number of aryl methyl sites for hydroxylation is 3. The molecule has 2 aromatic carbocycles. The van der Waals surface area contributed by atoms with Crippen molar-refractivity contribution in [3.05, 3.63) is 58.3 Å². The summed E-state index contributed by atoms with van der Waals surface area (Å²) in [6.45, 7) is 3.42. The molecule has 0 amide bonds. The molecule has 0 aliphatic heterocycles. The van der Waals surface area contributed by atoms with Crippen LogP contribution in [-0.2, 0) is 7.05 Å². The third kappa shape index (κ3) is 3.90. The summed E-state index contributed by atoms with van der Waals surface area (Å²) in [4.78, 5) is 17.2. The molecule has 0 saturated heterocycles. The van der Waals surface area contributed by atoms with E-state index in [-0.39, 0.29) is 4.88 Å². The second-order valence-electron chi connectivity index (χ2n) is 6.62. The van der Waals surface area contributed by atoms with Gasteiger partial charge in [-0.15, -0.1) is 21.5 Å². The Morgan fingerprint density at radius 3 is 2.63 bits per heavy atom. The summed E-state index contributed by atoms with van der Waals surface area (Å²) in [7, 11) is 1.64. The maximum Gasteiger partial charge on any atom is 0.347 e. The fourth-order valence-electron chi connectivity index (χ4n) is 2.93. The minimum absolute atomic E-state index is 0.180. The molecule has 1 N–H and O–H groups in total. The molecule has 4 aromatic rings. The number of benzene rings is 2. The zero-order valence-corrected chi connectivity index (χ0v) is 17.1. The third-order valence-corrected chi connectivity index (χ3v) is 5.40. The van der Waals surface area contributed by atoms with Gasteiger partial charge in [0.15, 0.2) is 0 Å². The maximum absolute atomic E-state index is 13.8. The molecule has 30 heavy (non-hydrogen) atoms. The van der Waals surface area contributed by atoms with Crippen LogP contribution in [0.3, 0.4) is 0 Å². The average molecular weight is 425 g/mol. The lowest BCUT2D eigenvalue weighted by Gasteiger charge is -2.11. The predicted molar refractivity (Wildman–Crippen MR) is 108 cm³/mol. The predicted octanol–water partition coefficient (Wildman–Crippen LogP) is 4.25. The summed E-state index contributed by atoms with van der Waals surface area (Å²) in [5, 5.41) is 22.0. The van der Waals surface area contributed by atoms with Crippen molar-refractivity contribution in [1.29, 1.82) is 0 Å². The summed E-state index contributed by atoms with van der Waals surface area (Å²) >= 11 is 1.08. The zero-order chi connectivity index (χ0) is 21.4. The van der Waals surface area contributed by atoms with Gasteiger partial charge < -0.3 is 9.84 Å². The number of ether oxygens (including phenoxy) is 1. The molecular weight excluding hydrogens is 409 g/mol. The molecule has 0 spiro atoms. The van der Waals surface area contributed by atoms with Crippen molar-refractivity contribution in [3.8, 4) is 33.5 Å². The molecule has 2 heterocycles. The number of hydrogen-bond donors (Lipinski definition) is 1. The number of carboxylic acid groups (broad SMARTS) is 1. The van der Waals surface area contributed by atoms with Gasteiger partial charge >= 0.3 is 5.97 Å². The standard InChI is InChI=1S/C20H16FN5O3S/c1-10-6-13(21)9-14(7-10)29-16-5-4-12(8-15(16)18-23-25-26(3)24-18)19-22-11(2)17(30-19)20(27)28/h4-9H,1-3H3,(H,27,28). The molecule has 2 aromatic heterocycles. The Morgan fingerprint density at radius 2 is 2.00 bits per heavy atom. The number of carboxylic acids is 1. The monoisotopic (exact) mass is 425 g/mol. The number of halogens is 1. The van der Waals surface area contributed by atoms with Gasteiger partial charge in [0.2, 0.25) is 5.82 Å². The Bertz CT molecular complexity index is 1250. The third-order valence-electron chi connectivity index (χ3n) is 4.21. The van der Waals surface area contributed by atoms with Crippen LogP contribution >= 0.6 is 11.3 Å². The van der Waals surface area contributed by atoms with Gasteiger partial charge in [0, 0.05) is 11.6 Å². The van der Waals surface area contributed by atoms with Crippen LogP contribution in [0, 0.1) is 19.7 Å². The van der Waals surface area contributed by atoms with Gasteiger partial charge in [-0.25, -0.2) is 14.2 Å². The van der Waals surface area contributed by atoms with Crippen molar-refractivity contribution in [2.24, 2.45) is 7.05 Å². The molecule has 152 valence electrons. The van der Waals surface area contributed by atoms with E-state index in [9.17, 15) is 14.3 Å². The number of hydrogen-bond acceptors (Lipinski definition) is 7. The van der Waals surface area contributed by atoms with Gasteiger partial charge in [-0.05, 0) is 55.0 Å². The van der Waals surface area contributed by atoms with E-state index in [0.29, 0.717) is 39.2 Å². The van der Waals surface area contributed by atoms with Crippen LogP contribution < -0.4 is 4.74 Å². The summed E-state index contributed by atoms with van der Waals surface area (Å²) in [6, 6.07) is 9.62. The molecule has 0 fully saturated rings. The quantitative estimate of drug-likeness (QED) is 0.510. The number of nitrogens with zero attached hydrogens (tertiary/aromatic N) is 5. The van der Waals surface area contributed by atoms with E-state index in [1.165, 1.54) is 16.9 Å². The van der Waals surface area contributed by atoms with E-state index in [0.717, 1.165) is 16.9 Å². The second-order valence-corrected chi connectivity index (χ2v) is 7.62. The van der Waals surface area contributed by atoms with Gasteiger partial charge in [0.05, 0.1) is 18.3 Å². The van der Waals surface area contributed by atoms with Crippen LogP contribution in [0.2, 0.25) is 0 Å². The van der Waals surface area contributed by atoms with Gasteiger partial charge in [0.25, 0.3) is 0 Å². The minimum atomic E-state index is -1.02. The maximum atomic E-state index is 13.8. The summed E-state index contributed by atoms with van der Waals surface area (Å²) < 4.78 is 19.7. The molecule has 0 radical (unpaired) electrons. The van der Waals surface area contributed by atoms with E-state index in [1.807, 2.05) is 0 Å². The fourth-order valence-corrected chi connectivity index (χ4v) is 3.83. The van der Waals surface area contributed by atoms with E-state index in [4.69, 9.17) is 4.74 Å². The van der Waals surface area contributed by atoms with Crippen molar-refractivity contribution >= 4 is 17.3 Å². The first kappa shape index (κ1) is 19.6. The van der Waals surface area contributed by atoms with Crippen LogP contribution in [0.25, 0.3) is 22.0 Å². The zero-order valence-electron chi connectivity index (χ0n) is 16.3. The number of rotatable bonds is 5. The van der Waals surface area contributed by atoms with Crippen LogP contribution in [0.5, 0.6) is 11.5 Å². The highest BCUT2D eigenvalue weighted by molar-refractivity contribution is 7.17. The highest BCUT2D eigenvalue weighted by atomic mass is 32.1. The first-order valence-corrected chi connectivity index (χ1v) is 9.66. The molecule has 0 unspecified atom stereocenters. The van der Waals surface area contributed by atoms with Crippen LogP contribution in [0.1, 0.15) is 20.9 Å². The van der Waals surface area contributed by atoms with Crippen molar-refractivity contribution in [3.63, 3.8) is 0 Å². The lowest BCUT2D eigenvalue weighted by molar-refractivity contribution is 0.0701. The largest absolute Gasteiger partial charge is 0.477 e. The van der Waals surface area contributed by atoms with E-state index in [1.54, 1.807) is 45.2 Å². The van der Waals surface area contributed by atoms with Gasteiger partial charge in [-0.3, -0.25) is 0 Å². The van der Waals surface area contributed by atoms with Crippen LogP contribution in [0.15, 0.2) is 36.4 Å². The van der Waals surface area contributed by atoms with Crippen molar-refractivity contribution in [2.75, 3.05) is 0 Å². The summed E-state index contributed by atoms with van der Waals surface area (Å²) in [5.41, 5.74) is 2.37. The molecular formula is C20H16FN5O3S. The first-order valence-electron chi connectivity index (χ1n) is 8.84. The highest BCUT2D eigenvalue weighted by Crippen LogP contribution is 2.37. The molecule has 0 aliphatic carbocycles. The molecule has 0 atom stereocenters. The Balaban J connectivity index is 1.81. The highest BCUT2D eigenvalue weighted by Gasteiger charge is 2.19. The molecule has 0 bridgehead atoms. The van der Waals surface area contributed by atoms with Crippen molar-refractivity contribution in [1.82, 2.24) is 25.2 Å². The number of tetrazole rings is 1. The normalized spacial score (nSPS) is 10.9. The molecule has 0 aliphatic rings. The average Bonchev–Trinajstić information content (AvgIpc) is 3.27. The SMILES string of the molecule is Cc1cc(F)cc(Oc2ccc(-c3nc(C)c(C(=O)O)s3)cc2-c2nnn(C)n2)c1. The number of carbonyl (C=O) groups is 1. The van der Waals surface area contributed by atoms with Gasteiger partial charge in [0.1, 0.15) is 27.2 Å². The van der Waals surface area contributed by atoms with Crippen LogP contribution in [0.4, 0.5) is 4.39 Å². The Morgan fingerprint density at radius 1 is 1.20 bits per heavy atom. The molecule has 4 rings (SSSR count). The fraction of sp³-hybridized carbons (Fsp3) is 0.150. The Hall–Kier alpha value is -3.66. The Kier molecular flexibility index (Phi) is 5.00. The number of aromatic carboxylic acids is 1. The molecule has 10 heteroatoms. The first-order chi connectivity index (χ1) is 14.3. The van der Waals surface area contributed by atoms with Crippen LogP contribution in [-0.4, -0.2) is 36.3 Å². The minimum Gasteiger partial charge on any atom is -0.477 e. The van der Waals surface area contributed by atoms with E-state index >= 15 is 0 Å². The number of aromatic nitrogens is 5. The lowest BCUT2D eigenvalue weighted by atomic mass is 10.1. The van der Waals surface area contributed by atoms with Crippen molar-refractivity contribution in [2.45, 2.75) is 13.8 Å². The Labute approximate surface area is 174 Å².